The van der Waals surface area contributed by atoms with E-state index in [1.807, 2.05) is 36.7 Å². The van der Waals surface area contributed by atoms with Crippen molar-refractivity contribution >= 4 is 5.69 Å². The number of morpholine rings is 1. The van der Waals surface area contributed by atoms with Crippen LogP contribution < -0.4 is 4.90 Å². The highest BCUT2D eigenvalue weighted by atomic mass is 16.5. The normalized spacial score (nSPS) is 19.8. The Labute approximate surface area is 106 Å². The molecule has 2 aromatic rings. The first-order valence-corrected chi connectivity index (χ1v) is 6.11. The quantitative estimate of drug-likeness (QED) is 0.806. The zero-order chi connectivity index (χ0) is 12.2. The molecule has 3 rings (SSSR count). The summed E-state index contributed by atoms with van der Waals surface area (Å²) in [5, 5.41) is 0. The largest absolute Gasteiger partial charge is 0.368 e. The molecule has 0 bridgehead atoms. The number of ether oxygens (including phenoxy) is 1. The maximum Gasteiger partial charge on any atom is 0.117 e. The predicted molar refractivity (Wildman–Crippen MR) is 69.4 cm³/mol. The third-order valence-electron chi connectivity index (χ3n) is 3.10. The molecule has 92 valence electrons. The molecule has 4 nitrogen and oxygen atoms in total. The smallest absolute Gasteiger partial charge is 0.117 e. The van der Waals surface area contributed by atoms with Gasteiger partial charge in [0.2, 0.25) is 0 Å². The highest BCUT2D eigenvalue weighted by molar-refractivity contribution is 5.44. The standard InChI is InChI=1S/C14H15N3O/c1-2-7-16-13(5-1)14-11-17(8-9-18-14)12-4-3-6-15-10-12/h1-7,10,14H,8-9,11H2. The van der Waals surface area contributed by atoms with Crippen molar-refractivity contribution in [2.24, 2.45) is 0 Å². The molecule has 1 atom stereocenters. The summed E-state index contributed by atoms with van der Waals surface area (Å²) in [4.78, 5) is 10.8. The number of aromatic nitrogens is 2. The van der Waals surface area contributed by atoms with Gasteiger partial charge in [-0.05, 0) is 24.3 Å². The summed E-state index contributed by atoms with van der Waals surface area (Å²) in [5.74, 6) is 0. The van der Waals surface area contributed by atoms with Crippen molar-refractivity contribution in [1.29, 1.82) is 0 Å². The molecule has 0 saturated carbocycles. The minimum atomic E-state index is 0.0418. The molecule has 1 saturated heterocycles. The van der Waals surface area contributed by atoms with E-state index in [0.717, 1.165) is 31.1 Å². The van der Waals surface area contributed by atoms with Gasteiger partial charge in [0.1, 0.15) is 6.10 Å². The number of anilines is 1. The Hall–Kier alpha value is -1.94. The molecule has 0 spiro atoms. The molecule has 1 unspecified atom stereocenters. The average Bonchev–Trinajstić information content (AvgIpc) is 2.49. The SMILES string of the molecule is c1ccc(C2CN(c3cccnc3)CCO2)nc1. The van der Waals surface area contributed by atoms with Crippen LogP contribution >= 0.6 is 0 Å². The van der Waals surface area contributed by atoms with Gasteiger partial charge in [-0.2, -0.15) is 0 Å². The van der Waals surface area contributed by atoms with Crippen LogP contribution in [0.1, 0.15) is 11.8 Å². The van der Waals surface area contributed by atoms with Crippen LogP contribution in [0.4, 0.5) is 5.69 Å². The van der Waals surface area contributed by atoms with Gasteiger partial charge in [-0.1, -0.05) is 6.07 Å². The predicted octanol–water partition coefficient (Wildman–Crippen LogP) is 2.05. The Bertz CT molecular complexity index is 443. The van der Waals surface area contributed by atoms with Crippen molar-refractivity contribution in [3.05, 3.63) is 54.6 Å². The Morgan fingerprint density at radius 1 is 1.17 bits per heavy atom. The van der Waals surface area contributed by atoms with Crippen LogP contribution in [0.25, 0.3) is 0 Å². The maximum absolute atomic E-state index is 5.79. The van der Waals surface area contributed by atoms with E-state index in [0.29, 0.717) is 0 Å². The zero-order valence-electron chi connectivity index (χ0n) is 10.1. The van der Waals surface area contributed by atoms with E-state index in [2.05, 4.69) is 20.9 Å². The van der Waals surface area contributed by atoms with Gasteiger partial charge in [0.05, 0.1) is 30.7 Å². The maximum atomic E-state index is 5.79. The van der Waals surface area contributed by atoms with Crippen LogP contribution in [0.2, 0.25) is 0 Å². The van der Waals surface area contributed by atoms with Crippen molar-refractivity contribution in [3.63, 3.8) is 0 Å². The van der Waals surface area contributed by atoms with Crippen LogP contribution in [0, 0.1) is 0 Å². The highest BCUT2D eigenvalue weighted by Crippen LogP contribution is 2.23. The van der Waals surface area contributed by atoms with Crippen molar-refractivity contribution in [2.45, 2.75) is 6.10 Å². The topological polar surface area (TPSA) is 38.2 Å². The van der Waals surface area contributed by atoms with Gasteiger partial charge < -0.3 is 9.64 Å². The van der Waals surface area contributed by atoms with Crippen molar-refractivity contribution in [3.8, 4) is 0 Å². The van der Waals surface area contributed by atoms with Crippen LogP contribution in [-0.4, -0.2) is 29.7 Å². The lowest BCUT2D eigenvalue weighted by Gasteiger charge is -2.34. The molecule has 4 heteroatoms. The van der Waals surface area contributed by atoms with Crippen LogP contribution in [-0.2, 0) is 4.74 Å². The second-order valence-electron chi connectivity index (χ2n) is 4.27. The van der Waals surface area contributed by atoms with E-state index >= 15 is 0 Å². The van der Waals surface area contributed by atoms with Crippen LogP contribution in [0.5, 0.6) is 0 Å². The zero-order valence-corrected chi connectivity index (χ0v) is 10.1. The third kappa shape index (κ3) is 2.33. The molecule has 1 aliphatic rings. The molecule has 0 aromatic carbocycles. The molecular formula is C14H15N3O. The fourth-order valence-electron chi connectivity index (χ4n) is 2.17. The summed E-state index contributed by atoms with van der Waals surface area (Å²) in [5.41, 5.74) is 2.13. The summed E-state index contributed by atoms with van der Waals surface area (Å²) in [6, 6.07) is 9.96. The fraction of sp³-hybridized carbons (Fsp3) is 0.286. The second kappa shape index (κ2) is 5.14. The van der Waals surface area contributed by atoms with E-state index in [-0.39, 0.29) is 6.10 Å². The van der Waals surface area contributed by atoms with Gasteiger partial charge in [-0.15, -0.1) is 0 Å². The molecule has 0 aliphatic carbocycles. The van der Waals surface area contributed by atoms with E-state index in [1.54, 1.807) is 6.20 Å². The number of hydrogen-bond donors (Lipinski definition) is 0. The monoisotopic (exact) mass is 241 g/mol. The van der Waals surface area contributed by atoms with Gasteiger partial charge in [-0.25, -0.2) is 0 Å². The van der Waals surface area contributed by atoms with Crippen molar-refractivity contribution in [1.82, 2.24) is 9.97 Å². The molecule has 3 heterocycles. The lowest BCUT2D eigenvalue weighted by Crippen LogP contribution is -2.38. The number of rotatable bonds is 2. The minimum Gasteiger partial charge on any atom is -0.368 e. The Morgan fingerprint density at radius 3 is 2.94 bits per heavy atom. The highest BCUT2D eigenvalue weighted by Gasteiger charge is 2.22. The summed E-state index contributed by atoms with van der Waals surface area (Å²) < 4.78 is 5.79. The lowest BCUT2D eigenvalue weighted by atomic mass is 10.2. The van der Waals surface area contributed by atoms with Gasteiger partial charge in [-0.3, -0.25) is 9.97 Å². The Kier molecular flexibility index (Phi) is 3.19. The van der Waals surface area contributed by atoms with Crippen molar-refractivity contribution in [2.75, 3.05) is 24.6 Å². The summed E-state index contributed by atoms with van der Waals surface area (Å²) in [6.07, 6.45) is 5.53. The third-order valence-corrected chi connectivity index (χ3v) is 3.10. The first-order valence-electron chi connectivity index (χ1n) is 6.11. The number of nitrogens with zero attached hydrogens (tertiary/aromatic N) is 3. The number of pyridine rings is 2. The fourth-order valence-corrected chi connectivity index (χ4v) is 2.17. The summed E-state index contributed by atoms with van der Waals surface area (Å²) >= 11 is 0. The molecule has 2 aromatic heterocycles. The molecule has 1 aliphatic heterocycles. The molecular weight excluding hydrogens is 226 g/mol. The minimum absolute atomic E-state index is 0.0418. The van der Waals surface area contributed by atoms with Gasteiger partial charge >= 0.3 is 0 Å². The first-order chi connectivity index (χ1) is 8.93. The molecule has 0 amide bonds. The Morgan fingerprint density at radius 2 is 2.17 bits per heavy atom. The van der Waals surface area contributed by atoms with Gasteiger partial charge in [0, 0.05) is 18.9 Å². The van der Waals surface area contributed by atoms with Crippen LogP contribution in [0.3, 0.4) is 0 Å². The lowest BCUT2D eigenvalue weighted by molar-refractivity contribution is 0.0370. The van der Waals surface area contributed by atoms with Gasteiger partial charge in [0.25, 0.3) is 0 Å². The van der Waals surface area contributed by atoms with E-state index in [4.69, 9.17) is 4.74 Å². The molecule has 0 radical (unpaired) electrons. The first kappa shape index (κ1) is 11.2. The van der Waals surface area contributed by atoms with E-state index in [9.17, 15) is 0 Å². The summed E-state index contributed by atoms with van der Waals surface area (Å²) in [7, 11) is 0. The average molecular weight is 241 g/mol. The molecule has 0 N–H and O–H groups in total. The van der Waals surface area contributed by atoms with E-state index < -0.39 is 0 Å². The van der Waals surface area contributed by atoms with Crippen LogP contribution in [0.15, 0.2) is 48.9 Å². The summed E-state index contributed by atoms with van der Waals surface area (Å²) in [6.45, 7) is 2.44. The van der Waals surface area contributed by atoms with E-state index in [1.165, 1.54) is 0 Å². The molecule has 18 heavy (non-hydrogen) atoms. The Balaban J connectivity index is 1.77. The molecule has 1 fully saturated rings. The number of hydrogen-bond acceptors (Lipinski definition) is 4. The van der Waals surface area contributed by atoms with Crippen molar-refractivity contribution < 1.29 is 4.74 Å². The second-order valence-corrected chi connectivity index (χ2v) is 4.27. The van der Waals surface area contributed by atoms with Gasteiger partial charge in [0.15, 0.2) is 0 Å².